The molecule has 0 saturated heterocycles. The molecular weight excluding hydrogens is 362 g/mol. The first-order valence-corrected chi connectivity index (χ1v) is 9.18. The van der Waals surface area contributed by atoms with E-state index in [0.29, 0.717) is 36.1 Å². The molecule has 26 heavy (non-hydrogen) atoms. The summed E-state index contributed by atoms with van der Waals surface area (Å²) < 4.78 is 48.0. The second-order valence-corrected chi connectivity index (χ2v) is 6.98. The summed E-state index contributed by atoms with van der Waals surface area (Å²) in [7, 11) is -2.53. The van der Waals surface area contributed by atoms with Crippen LogP contribution in [0.15, 0.2) is 47.4 Å². The molecule has 8 nitrogen and oxygen atoms in total. The average Bonchev–Trinajstić information content (AvgIpc) is 2.66. The lowest BCUT2D eigenvalue weighted by molar-refractivity contribution is -0.142. The number of sulfonamides is 1. The summed E-state index contributed by atoms with van der Waals surface area (Å²) in [5.41, 5.74) is 0.361. The minimum absolute atomic E-state index is 0.0535. The van der Waals surface area contributed by atoms with Crippen LogP contribution >= 0.6 is 0 Å². The lowest BCUT2D eigenvalue weighted by atomic mass is 10.3. The van der Waals surface area contributed by atoms with E-state index in [1.807, 2.05) is 0 Å². The lowest BCUT2D eigenvalue weighted by Crippen LogP contribution is -2.16. The Kier molecular flexibility index (Phi) is 5.17. The predicted octanol–water partition coefficient (Wildman–Crippen LogP) is 1.81. The summed E-state index contributed by atoms with van der Waals surface area (Å²) in [5.74, 6) is 0.893. The summed E-state index contributed by atoms with van der Waals surface area (Å²) in [6.07, 6.45) is 0. The lowest BCUT2D eigenvalue weighted by Gasteiger charge is -2.19. The SMILES string of the molecule is COC(=O)COc1ccc(S(=O)(=O)Nc2ccc3c(c2)OCCO3)cc1. The van der Waals surface area contributed by atoms with Crippen molar-refractivity contribution in [3.63, 3.8) is 0 Å². The zero-order chi connectivity index (χ0) is 18.6. The van der Waals surface area contributed by atoms with Crippen molar-refractivity contribution in [2.24, 2.45) is 0 Å². The zero-order valence-electron chi connectivity index (χ0n) is 13.9. The van der Waals surface area contributed by atoms with Crippen molar-refractivity contribution in [3.05, 3.63) is 42.5 Å². The molecule has 0 amide bonds. The number of methoxy groups -OCH3 is 1. The Balaban J connectivity index is 1.70. The maximum absolute atomic E-state index is 12.5. The van der Waals surface area contributed by atoms with Crippen LogP contribution in [0.25, 0.3) is 0 Å². The van der Waals surface area contributed by atoms with Gasteiger partial charge in [0, 0.05) is 6.07 Å². The highest BCUT2D eigenvalue weighted by Crippen LogP contribution is 2.33. The van der Waals surface area contributed by atoms with Crippen molar-refractivity contribution in [3.8, 4) is 17.2 Å². The maximum atomic E-state index is 12.5. The number of hydrogen-bond donors (Lipinski definition) is 1. The van der Waals surface area contributed by atoms with Gasteiger partial charge in [0.25, 0.3) is 10.0 Å². The summed E-state index contributed by atoms with van der Waals surface area (Å²) in [6, 6.07) is 10.5. The summed E-state index contributed by atoms with van der Waals surface area (Å²) in [5, 5.41) is 0. The normalized spacial score (nSPS) is 13.0. The number of esters is 1. The van der Waals surface area contributed by atoms with Gasteiger partial charge in [0.05, 0.1) is 17.7 Å². The number of hydrogen-bond acceptors (Lipinski definition) is 7. The molecule has 0 bridgehead atoms. The molecule has 0 saturated carbocycles. The van der Waals surface area contributed by atoms with Crippen molar-refractivity contribution in [2.45, 2.75) is 4.90 Å². The van der Waals surface area contributed by atoms with Gasteiger partial charge < -0.3 is 18.9 Å². The van der Waals surface area contributed by atoms with E-state index in [1.165, 1.54) is 31.4 Å². The minimum Gasteiger partial charge on any atom is -0.486 e. The first-order chi connectivity index (χ1) is 12.5. The third kappa shape index (κ3) is 4.17. The van der Waals surface area contributed by atoms with Gasteiger partial charge >= 0.3 is 5.97 Å². The Labute approximate surface area is 150 Å². The van der Waals surface area contributed by atoms with Crippen molar-refractivity contribution in [1.29, 1.82) is 0 Å². The van der Waals surface area contributed by atoms with Gasteiger partial charge in [-0.3, -0.25) is 4.72 Å². The second kappa shape index (κ2) is 7.52. The highest BCUT2D eigenvalue weighted by Gasteiger charge is 2.17. The van der Waals surface area contributed by atoms with Crippen molar-refractivity contribution >= 4 is 21.7 Å². The molecule has 3 rings (SSSR count). The van der Waals surface area contributed by atoms with Crippen LogP contribution in [0, 0.1) is 0 Å². The number of nitrogens with one attached hydrogen (secondary N) is 1. The number of benzene rings is 2. The van der Waals surface area contributed by atoms with E-state index >= 15 is 0 Å². The van der Waals surface area contributed by atoms with Gasteiger partial charge in [-0.1, -0.05) is 0 Å². The Morgan fingerprint density at radius 1 is 1.08 bits per heavy atom. The first-order valence-electron chi connectivity index (χ1n) is 7.70. The van der Waals surface area contributed by atoms with Crippen molar-refractivity contribution in [2.75, 3.05) is 31.7 Å². The summed E-state index contributed by atoms with van der Waals surface area (Å²) in [6.45, 7) is 0.622. The van der Waals surface area contributed by atoms with Gasteiger partial charge in [-0.2, -0.15) is 0 Å². The molecule has 0 spiro atoms. The van der Waals surface area contributed by atoms with Crippen molar-refractivity contribution < 1.29 is 32.2 Å². The zero-order valence-corrected chi connectivity index (χ0v) is 14.7. The Hall–Kier alpha value is -2.94. The molecule has 0 fully saturated rings. The number of carbonyl (C=O) groups excluding carboxylic acids is 1. The standard InChI is InChI=1S/C17H17NO7S/c1-22-17(19)11-25-13-3-5-14(6-4-13)26(20,21)18-12-2-7-15-16(10-12)24-9-8-23-15/h2-7,10,18H,8-9,11H2,1H3. The molecule has 0 unspecified atom stereocenters. The molecule has 0 aliphatic carbocycles. The molecule has 1 aliphatic heterocycles. The van der Waals surface area contributed by atoms with Gasteiger partial charge in [-0.05, 0) is 36.4 Å². The summed E-state index contributed by atoms with van der Waals surface area (Å²) in [4.78, 5) is 11.1. The molecule has 138 valence electrons. The van der Waals surface area contributed by atoms with E-state index in [2.05, 4.69) is 9.46 Å². The number of rotatable bonds is 6. The molecule has 1 aliphatic rings. The number of carbonyl (C=O) groups is 1. The van der Waals surface area contributed by atoms with E-state index in [0.717, 1.165) is 0 Å². The van der Waals surface area contributed by atoms with E-state index in [4.69, 9.17) is 14.2 Å². The number of ether oxygens (including phenoxy) is 4. The van der Waals surface area contributed by atoms with Gasteiger partial charge in [-0.25, -0.2) is 13.2 Å². The number of anilines is 1. The smallest absolute Gasteiger partial charge is 0.343 e. The quantitative estimate of drug-likeness (QED) is 0.764. The molecular formula is C17H17NO7S. The van der Waals surface area contributed by atoms with Crippen LogP contribution in [0.1, 0.15) is 0 Å². The molecule has 2 aromatic rings. The third-order valence-corrected chi connectivity index (χ3v) is 4.91. The minimum atomic E-state index is -3.79. The Morgan fingerprint density at radius 2 is 1.77 bits per heavy atom. The van der Waals surface area contributed by atoms with E-state index in [9.17, 15) is 13.2 Å². The average molecular weight is 379 g/mol. The molecule has 9 heteroatoms. The number of fused-ring (bicyclic) bond motifs is 1. The molecule has 0 radical (unpaired) electrons. The van der Waals surface area contributed by atoms with E-state index in [-0.39, 0.29) is 11.5 Å². The second-order valence-electron chi connectivity index (χ2n) is 5.30. The molecule has 2 aromatic carbocycles. The molecule has 0 aromatic heterocycles. The van der Waals surface area contributed by atoms with Crippen LogP contribution in [0.5, 0.6) is 17.2 Å². The Bertz CT molecular complexity index is 894. The fourth-order valence-corrected chi connectivity index (χ4v) is 3.29. The van der Waals surface area contributed by atoms with Crippen LogP contribution in [0.2, 0.25) is 0 Å². The van der Waals surface area contributed by atoms with Crippen LogP contribution < -0.4 is 18.9 Å². The monoisotopic (exact) mass is 379 g/mol. The van der Waals surface area contributed by atoms with Crippen LogP contribution in [0.3, 0.4) is 0 Å². The first kappa shape index (κ1) is 17.9. The van der Waals surface area contributed by atoms with Gasteiger partial charge in [0.15, 0.2) is 18.1 Å². The highest BCUT2D eigenvalue weighted by molar-refractivity contribution is 7.92. The fourth-order valence-electron chi connectivity index (χ4n) is 2.24. The molecule has 0 atom stereocenters. The van der Waals surface area contributed by atoms with Crippen LogP contribution in [-0.4, -0.2) is 41.3 Å². The van der Waals surface area contributed by atoms with Gasteiger partial charge in [-0.15, -0.1) is 0 Å². The van der Waals surface area contributed by atoms with Crippen molar-refractivity contribution in [1.82, 2.24) is 0 Å². The van der Waals surface area contributed by atoms with Gasteiger partial charge in [0.2, 0.25) is 0 Å². The molecule has 1 heterocycles. The van der Waals surface area contributed by atoms with E-state index in [1.54, 1.807) is 18.2 Å². The summed E-state index contributed by atoms with van der Waals surface area (Å²) >= 11 is 0. The van der Waals surface area contributed by atoms with Crippen LogP contribution in [0.4, 0.5) is 5.69 Å². The molecule has 1 N–H and O–H groups in total. The highest BCUT2D eigenvalue weighted by atomic mass is 32.2. The Morgan fingerprint density at radius 3 is 2.46 bits per heavy atom. The van der Waals surface area contributed by atoms with Crippen LogP contribution in [-0.2, 0) is 19.6 Å². The van der Waals surface area contributed by atoms with Gasteiger partial charge in [0.1, 0.15) is 19.0 Å². The largest absolute Gasteiger partial charge is 0.486 e. The maximum Gasteiger partial charge on any atom is 0.343 e. The topological polar surface area (TPSA) is 100 Å². The predicted molar refractivity (Wildman–Crippen MR) is 92.2 cm³/mol. The fraction of sp³-hybridized carbons (Fsp3) is 0.235. The third-order valence-electron chi connectivity index (χ3n) is 3.51. The van der Waals surface area contributed by atoms with E-state index < -0.39 is 16.0 Å².